The van der Waals surface area contributed by atoms with Crippen molar-refractivity contribution in [1.82, 2.24) is 25.0 Å². The molecule has 0 amide bonds. The number of rotatable bonds is 9. The lowest BCUT2D eigenvalue weighted by Crippen LogP contribution is -2.39. The van der Waals surface area contributed by atoms with Crippen LogP contribution in [0.15, 0.2) is 34.1 Å². The standard InChI is InChI=1S/C22H34N6O2/c1-17(18-8-10-19(30-3)11-9-18)12-14-25-21(23-2)24-13-6-16-28-22(29)27-15-5-4-7-20(27)26-28/h8-11,17H,4-7,12-16H2,1-3H3,(H2,23,24,25). The Hall–Kier alpha value is -2.77. The summed E-state index contributed by atoms with van der Waals surface area (Å²) in [5.41, 5.74) is 1.33. The van der Waals surface area contributed by atoms with Crippen molar-refractivity contribution in [1.29, 1.82) is 0 Å². The summed E-state index contributed by atoms with van der Waals surface area (Å²) in [6.45, 7) is 5.22. The fourth-order valence-corrected chi connectivity index (χ4v) is 3.76. The Kier molecular flexibility index (Phi) is 7.93. The van der Waals surface area contributed by atoms with Gasteiger partial charge in [-0.1, -0.05) is 19.1 Å². The maximum absolute atomic E-state index is 12.4. The zero-order valence-corrected chi connectivity index (χ0v) is 18.4. The predicted octanol–water partition coefficient (Wildman–Crippen LogP) is 2.14. The number of guanidine groups is 1. The van der Waals surface area contributed by atoms with Crippen molar-refractivity contribution in [3.8, 4) is 5.75 Å². The molecule has 30 heavy (non-hydrogen) atoms. The summed E-state index contributed by atoms with van der Waals surface area (Å²) in [7, 11) is 3.46. The zero-order chi connectivity index (χ0) is 21.3. The van der Waals surface area contributed by atoms with Crippen molar-refractivity contribution in [2.24, 2.45) is 4.99 Å². The maximum atomic E-state index is 12.4. The highest BCUT2D eigenvalue weighted by atomic mass is 16.5. The van der Waals surface area contributed by atoms with Crippen LogP contribution in [0.5, 0.6) is 5.75 Å². The largest absolute Gasteiger partial charge is 0.497 e. The number of hydrogen-bond acceptors (Lipinski definition) is 4. The lowest BCUT2D eigenvalue weighted by Gasteiger charge is -2.15. The average Bonchev–Trinajstić information content (AvgIpc) is 3.11. The molecule has 1 atom stereocenters. The zero-order valence-electron chi connectivity index (χ0n) is 18.4. The molecule has 0 aliphatic carbocycles. The number of aliphatic imine (C=N–C) groups is 1. The van der Waals surface area contributed by atoms with Gasteiger partial charge in [-0.05, 0) is 49.3 Å². The summed E-state index contributed by atoms with van der Waals surface area (Å²) in [6, 6.07) is 8.24. The smallest absolute Gasteiger partial charge is 0.345 e. The monoisotopic (exact) mass is 414 g/mol. The van der Waals surface area contributed by atoms with Gasteiger partial charge < -0.3 is 15.4 Å². The minimum Gasteiger partial charge on any atom is -0.497 e. The summed E-state index contributed by atoms with van der Waals surface area (Å²) in [4.78, 5) is 16.6. The lowest BCUT2D eigenvalue weighted by molar-refractivity contribution is 0.414. The van der Waals surface area contributed by atoms with Gasteiger partial charge in [0.15, 0.2) is 5.96 Å². The molecule has 8 nitrogen and oxygen atoms in total. The van der Waals surface area contributed by atoms with E-state index in [1.165, 1.54) is 5.56 Å². The molecule has 1 aromatic heterocycles. The van der Waals surface area contributed by atoms with E-state index in [0.29, 0.717) is 12.5 Å². The Balaban J connectivity index is 1.36. The van der Waals surface area contributed by atoms with Crippen LogP contribution in [-0.2, 0) is 19.5 Å². The lowest BCUT2D eigenvalue weighted by atomic mass is 9.98. The molecule has 0 fully saturated rings. The molecule has 1 aliphatic rings. The first-order valence-corrected chi connectivity index (χ1v) is 10.9. The Morgan fingerprint density at radius 1 is 1.23 bits per heavy atom. The molecule has 1 unspecified atom stereocenters. The quantitative estimate of drug-likeness (QED) is 0.373. The van der Waals surface area contributed by atoms with Crippen LogP contribution in [0.25, 0.3) is 0 Å². The Morgan fingerprint density at radius 2 is 2.00 bits per heavy atom. The third-order valence-corrected chi connectivity index (χ3v) is 5.65. The van der Waals surface area contributed by atoms with Crippen LogP contribution in [0.1, 0.15) is 49.9 Å². The second-order valence-corrected chi connectivity index (χ2v) is 7.77. The molecule has 0 saturated heterocycles. The maximum Gasteiger partial charge on any atom is 0.345 e. The number of methoxy groups -OCH3 is 1. The number of nitrogens with zero attached hydrogens (tertiary/aromatic N) is 4. The molecule has 3 rings (SSSR count). The molecule has 1 aliphatic heterocycles. The number of aryl methyl sites for hydroxylation is 2. The molecule has 1 aromatic carbocycles. The number of benzene rings is 1. The summed E-state index contributed by atoms with van der Waals surface area (Å²) >= 11 is 0. The van der Waals surface area contributed by atoms with E-state index < -0.39 is 0 Å². The fraction of sp³-hybridized carbons (Fsp3) is 0.591. The highest BCUT2D eigenvalue weighted by Crippen LogP contribution is 2.21. The second-order valence-electron chi connectivity index (χ2n) is 7.77. The van der Waals surface area contributed by atoms with Gasteiger partial charge in [0, 0.05) is 39.6 Å². The minimum absolute atomic E-state index is 0.0275. The third kappa shape index (κ3) is 5.64. The number of fused-ring (bicyclic) bond motifs is 1. The van der Waals surface area contributed by atoms with Gasteiger partial charge in [0.05, 0.1) is 7.11 Å². The van der Waals surface area contributed by atoms with E-state index in [2.05, 4.69) is 39.8 Å². The van der Waals surface area contributed by atoms with E-state index in [9.17, 15) is 4.79 Å². The number of hydrogen-bond donors (Lipinski definition) is 2. The van der Waals surface area contributed by atoms with E-state index in [4.69, 9.17) is 4.74 Å². The molecular weight excluding hydrogens is 380 g/mol. The highest BCUT2D eigenvalue weighted by molar-refractivity contribution is 5.79. The first-order chi connectivity index (χ1) is 14.6. The predicted molar refractivity (Wildman–Crippen MR) is 119 cm³/mol. The van der Waals surface area contributed by atoms with Crippen molar-refractivity contribution in [2.75, 3.05) is 27.2 Å². The molecule has 2 N–H and O–H groups in total. The first-order valence-electron chi connectivity index (χ1n) is 10.9. The fourth-order valence-electron chi connectivity index (χ4n) is 3.76. The number of aromatic nitrogens is 3. The molecule has 0 spiro atoms. The summed E-state index contributed by atoms with van der Waals surface area (Å²) in [5.74, 6) is 3.04. The average molecular weight is 415 g/mol. The van der Waals surface area contributed by atoms with E-state index in [1.807, 2.05) is 16.7 Å². The molecule has 0 saturated carbocycles. The van der Waals surface area contributed by atoms with Gasteiger partial charge in [0.1, 0.15) is 11.6 Å². The van der Waals surface area contributed by atoms with Crippen molar-refractivity contribution in [2.45, 2.75) is 58.0 Å². The van der Waals surface area contributed by atoms with Crippen LogP contribution in [0.2, 0.25) is 0 Å². The van der Waals surface area contributed by atoms with Crippen LogP contribution in [-0.4, -0.2) is 47.6 Å². The van der Waals surface area contributed by atoms with Crippen LogP contribution in [0.4, 0.5) is 0 Å². The van der Waals surface area contributed by atoms with Crippen LogP contribution < -0.4 is 21.1 Å². The van der Waals surface area contributed by atoms with Gasteiger partial charge >= 0.3 is 5.69 Å². The molecule has 0 bridgehead atoms. The van der Waals surface area contributed by atoms with Crippen LogP contribution in [0.3, 0.4) is 0 Å². The molecule has 2 heterocycles. The van der Waals surface area contributed by atoms with Crippen LogP contribution >= 0.6 is 0 Å². The number of nitrogens with one attached hydrogen (secondary N) is 2. The highest BCUT2D eigenvalue weighted by Gasteiger charge is 2.16. The summed E-state index contributed by atoms with van der Waals surface area (Å²) in [6.07, 6.45) is 4.92. The van der Waals surface area contributed by atoms with Gasteiger partial charge in [-0.25, -0.2) is 9.48 Å². The third-order valence-electron chi connectivity index (χ3n) is 5.65. The normalized spacial score (nSPS) is 14.8. The van der Waals surface area contributed by atoms with Gasteiger partial charge in [0.25, 0.3) is 0 Å². The first kappa shape index (κ1) is 21.9. The molecule has 2 aromatic rings. The summed E-state index contributed by atoms with van der Waals surface area (Å²) in [5, 5.41) is 11.2. The van der Waals surface area contributed by atoms with Gasteiger partial charge in [0.2, 0.25) is 0 Å². The van der Waals surface area contributed by atoms with Crippen molar-refractivity contribution < 1.29 is 4.74 Å². The molecule has 8 heteroatoms. The van der Waals surface area contributed by atoms with E-state index in [0.717, 1.165) is 69.3 Å². The molecule has 164 valence electrons. The van der Waals surface area contributed by atoms with Gasteiger partial charge in [-0.2, -0.15) is 5.10 Å². The topological polar surface area (TPSA) is 85.5 Å². The van der Waals surface area contributed by atoms with Crippen molar-refractivity contribution >= 4 is 5.96 Å². The Labute approximate surface area is 178 Å². The summed E-state index contributed by atoms with van der Waals surface area (Å²) < 4.78 is 8.65. The van der Waals surface area contributed by atoms with E-state index in [-0.39, 0.29) is 5.69 Å². The van der Waals surface area contributed by atoms with Gasteiger partial charge in [-0.15, -0.1) is 0 Å². The Bertz CT molecular complexity index is 884. The van der Waals surface area contributed by atoms with E-state index in [1.54, 1.807) is 18.8 Å². The van der Waals surface area contributed by atoms with E-state index >= 15 is 0 Å². The Morgan fingerprint density at radius 3 is 2.70 bits per heavy atom. The SMILES string of the molecule is CN=C(NCCCn1nc2n(c1=O)CCCC2)NCCC(C)c1ccc(OC)cc1. The molecular formula is C22H34N6O2. The number of ether oxygens (including phenoxy) is 1. The minimum atomic E-state index is 0.0275. The molecule has 0 radical (unpaired) electrons. The van der Waals surface area contributed by atoms with Crippen molar-refractivity contribution in [3.63, 3.8) is 0 Å². The van der Waals surface area contributed by atoms with Crippen LogP contribution in [0, 0.1) is 0 Å². The van der Waals surface area contributed by atoms with Crippen molar-refractivity contribution in [3.05, 3.63) is 46.1 Å². The second kappa shape index (κ2) is 10.8. The van der Waals surface area contributed by atoms with Gasteiger partial charge in [-0.3, -0.25) is 9.56 Å².